The zero-order valence-corrected chi connectivity index (χ0v) is 12.6. The summed E-state index contributed by atoms with van der Waals surface area (Å²) in [5, 5.41) is 2.57. The first-order valence-electron chi connectivity index (χ1n) is 6.91. The number of aryl methyl sites for hydroxylation is 1. The molecule has 1 fully saturated rings. The lowest BCUT2D eigenvalue weighted by molar-refractivity contribution is -0.144. The third-order valence-corrected chi connectivity index (χ3v) is 3.82. The van der Waals surface area contributed by atoms with Gasteiger partial charge in [-0.05, 0) is 32.5 Å². The number of carbonyl (C=O) groups is 2. The van der Waals surface area contributed by atoms with Crippen molar-refractivity contribution in [2.75, 3.05) is 37.7 Å². The second kappa shape index (κ2) is 6.09. The Morgan fingerprint density at radius 3 is 2.76 bits per heavy atom. The molecule has 0 radical (unpaired) electrons. The summed E-state index contributed by atoms with van der Waals surface area (Å²) < 4.78 is 0. The van der Waals surface area contributed by atoms with Crippen LogP contribution in [0.3, 0.4) is 0 Å². The number of hydrogen-bond acceptors (Lipinski definition) is 5. The molecule has 1 aliphatic heterocycles. The quantitative estimate of drug-likeness (QED) is 0.715. The number of anilines is 2. The maximum Gasteiger partial charge on any atom is 0.313 e. The molecule has 2 amide bonds. The second-order valence-corrected chi connectivity index (χ2v) is 5.46. The Kier molecular flexibility index (Phi) is 4.42. The molecule has 2 rings (SSSR count). The Morgan fingerprint density at radius 2 is 2.14 bits per heavy atom. The van der Waals surface area contributed by atoms with Crippen molar-refractivity contribution in [2.45, 2.75) is 19.9 Å². The molecule has 1 atom stereocenters. The van der Waals surface area contributed by atoms with E-state index in [9.17, 15) is 9.59 Å². The summed E-state index contributed by atoms with van der Waals surface area (Å²) in [4.78, 5) is 31.9. The molecular formula is C14H21N5O2. The summed E-state index contributed by atoms with van der Waals surface area (Å²) in [6, 6.07) is 1.94. The lowest BCUT2D eigenvalue weighted by Gasteiger charge is -2.37. The molecule has 1 aromatic rings. The van der Waals surface area contributed by atoms with E-state index in [4.69, 9.17) is 5.73 Å². The van der Waals surface area contributed by atoms with Crippen LogP contribution in [0, 0.1) is 6.92 Å². The predicted molar refractivity (Wildman–Crippen MR) is 80.7 cm³/mol. The summed E-state index contributed by atoms with van der Waals surface area (Å²) in [5.41, 5.74) is 6.85. The number of likely N-dealkylation sites (N-methyl/N-ethyl adjacent to an activating group) is 1. The zero-order chi connectivity index (χ0) is 15.6. The van der Waals surface area contributed by atoms with Gasteiger partial charge in [-0.3, -0.25) is 9.59 Å². The molecule has 0 bridgehead atoms. The average molecular weight is 291 g/mol. The molecule has 7 heteroatoms. The summed E-state index contributed by atoms with van der Waals surface area (Å²) in [6.45, 7) is 5.71. The molecule has 1 aliphatic rings. The molecule has 1 aromatic heterocycles. The zero-order valence-electron chi connectivity index (χ0n) is 12.6. The van der Waals surface area contributed by atoms with Crippen molar-refractivity contribution in [1.29, 1.82) is 0 Å². The number of nitrogen functional groups attached to an aromatic ring is 1. The van der Waals surface area contributed by atoms with Crippen LogP contribution >= 0.6 is 0 Å². The minimum absolute atomic E-state index is 0.246. The normalized spacial score (nSPS) is 19.4. The Bertz CT molecular complexity index is 560. The Hall–Kier alpha value is -2.15. The maximum absolute atomic E-state index is 12.2. The molecule has 2 heterocycles. The topological polar surface area (TPSA) is 91.6 Å². The highest BCUT2D eigenvalue weighted by Crippen LogP contribution is 2.14. The van der Waals surface area contributed by atoms with E-state index >= 15 is 0 Å². The molecule has 0 aliphatic carbocycles. The first kappa shape index (κ1) is 15.2. The molecule has 3 N–H and O–H groups in total. The van der Waals surface area contributed by atoms with Gasteiger partial charge < -0.3 is 20.9 Å². The number of hydrogen-bond donors (Lipinski definition) is 2. The Morgan fingerprint density at radius 1 is 1.43 bits per heavy atom. The molecular weight excluding hydrogens is 270 g/mol. The molecule has 21 heavy (non-hydrogen) atoms. The van der Waals surface area contributed by atoms with E-state index in [0.717, 1.165) is 12.1 Å². The predicted octanol–water partition coefficient (Wildman–Crippen LogP) is 0.0732. The van der Waals surface area contributed by atoms with Gasteiger partial charge in [-0.25, -0.2) is 4.98 Å². The summed E-state index contributed by atoms with van der Waals surface area (Å²) >= 11 is 0. The smallest absolute Gasteiger partial charge is 0.313 e. The van der Waals surface area contributed by atoms with Gasteiger partial charge >= 0.3 is 11.8 Å². The van der Waals surface area contributed by atoms with Crippen molar-refractivity contribution in [2.24, 2.45) is 0 Å². The molecule has 0 aromatic carbocycles. The van der Waals surface area contributed by atoms with Gasteiger partial charge in [-0.2, -0.15) is 0 Å². The van der Waals surface area contributed by atoms with Crippen LogP contribution in [-0.4, -0.2) is 59.3 Å². The van der Waals surface area contributed by atoms with E-state index in [1.165, 1.54) is 6.20 Å². The SMILES string of the molecule is Cc1cc(NC(=O)C(=O)N2CCN(C)C(C)C2)cnc1N. The Labute approximate surface area is 124 Å². The molecule has 0 saturated carbocycles. The highest BCUT2D eigenvalue weighted by molar-refractivity contribution is 6.39. The van der Waals surface area contributed by atoms with Gasteiger partial charge in [0.2, 0.25) is 0 Å². The van der Waals surface area contributed by atoms with Gasteiger partial charge in [0.05, 0.1) is 11.9 Å². The van der Waals surface area contributed by atoms with Gasteiger partial charge in [0.1, 0.15) is 5.82 Å². The van der Waals surface area contributed by atoms with Crippen molar-refractivity contribution in [3.8, 4) is 0 Å². The van der Waals surface area contributed by atoms with E-state index in [-0.39, 0.29) is 6.04 Å². The van der Waals surface area contributed by atoms with Crippen molar-refractivity contribution in [3.63, 3.8) is 0 Å². The number of nitrogens with zero attached hydrogens (tertiary/aromatic N) is 3. The minimum Gasteiger partial charge on any atom is -0.383 e. The van der Waals surface area contributed by atoms with Gasteiger partial charge in [-0.1, -0.05) is 0 Å². The standard InChI is InChI=1S/C14H21N5O2/c1-9-6-11(7-16-12(9)15)17-13(20)14(21)19-5-4-18(3)10(2)8-19/h6-7,10H,4-5,8H2,1-3H3,(H2,15,16)(H,17,20). The monoisotopic (exact) mass is 291 g/mol. The fourth-order valence-electron chi connectivity index (χ4n) is 2.21. The minimum atomic E-state index is -0.641. The third kappa shape index (κ3) is 3.49. The molecule has 114 valence electrons. The maximum atomic E-state index is 12.2. The number of rotatable bonds is 1. The highest BCUT2D eigenvalue weighted by atomic mass is 16.2. The largest absolute Gasteiger partial charge is 0.383 e. The fourth-order valence-corrected chi connectivity index (χ4v) is 2.21. The van der Waals surface area contributed by atoms with E-state index in [0.29, 0.717) is 24.6 Å². The van der Waals surface area contributed by atoms with E-state index < -0.39 is 11.8 Å². The van der Waals surface area contributed by atoms with Gasteiger partial charge in [0.15, 0.2) is 0 Å². The molecule has 1 saturated heterocycles. The first-order chi connectivity index (χ1) is 9.88. The van der Waals surface area contributed by atoms with Crippen molar-refractivity contribution in [3.05, 3.63) is 17.8 Å². The van der Waals surface area contributed by atoms with Crippen LogP contribution in [0.2, 0.25) is 0 Å². The van der Waals surface area contributed by atoms with Crippen molar-refractivity contribution in [1.82, 2.24) is 14.8 Å². The Balaban J connectivity index is 1.99. The number of pyridine rings is 1. The van der Waals surface area contributed by atoms with Gasteiger partial charge in [-0.15, -0.1) is 0 Å². The number of piperazine rings is 1. The number of aromatic nitrogens is 1. The summed E-state index contributed by atoms with van der Waals surface area (Å²) in [7, 11) is 2.01. The van der Waals surface area contributed by atoms with Gasteiger partial charge in [0.25, 0.3) is 0 Å². The van der Waals surface area contributed by atoms with E-state index in [2.05, 4.69) is 15.2 Å². The van der Waals surface area contributed by atoms with Crippen molar-refractivity contribution < 1.29 is 9.59 Å². The van der Waals surface area contributed by atoms with Crippen LogP contribution in [0.15, 0.2) is 12.3 Å². The number of amides is 2. The van der Waals surface area contributed by atoms with Crippen LogP contribution in [0.1, 0.15) is 12.5 Å². The summed E-state index contributed by atoms with van der Waals surface area (Å²) in [6.07, 6.45) is 1.44. The molecule has 7 nitrogen and oxygen atoms in total. The highest BCUT2D eigenvalue weighted by Gasteiger charge is 2.28. The van der Waals surface area contributed by atoms with Crippen LogP contribution in [-0.2, 0) is 9.59 Å². The third-order valence-electron chi connectivity index (χ3n) is 3.82. The van der Waals surface area contributed by atoms with Crippen LogP contribution in [0.25, 0.3) is 0 Å². The molecule has 1 unspecified atom stereocenters. The number of nitrogens with two attached hydrogens (primary N) is 1. The van der Waals surface area contributed by atoms with Gasteiger partial charge in [0, 0.05) is 25.7 Å². The van der Waals surface area contributed by atoms with E-state index in [1.807, 2.05) is 14.0 Å². The lowest BCUT2D eigenvalue weighted by Crippen LogP contribution is -2.54. The molecule has 0 spiro atoms. The average Bonchev–Trinajstić information content (AvgIpc) is 2.45. The fraction of sp³-hybridized carbons (Fsp3) is 0.500. The number of nitrogens with one attached hydrogen (secondary N) is 1. The van der Waals surface area contributed by atoms with Crippen LogP contribution in [0.5, 0.6) is 0 Å². The second-order valence-electron chi connectivity index (χ2n) is 5.46. The van der Waals surface area contributed by atoms with Crippen LogP contribution < -0.4 is 11.1 Å². The van der Waals surface area contributed by atoms with E-state index in [1.54, 1.807) is 17.9 Å². The first-order valence-corrected chi connectivity index (χ1v) is 6.91. The van der Waals surface area contributed by atoms with Crippen LogP contribution in [0.4, 0.5) is 11.5 Å². The number of carbonyl (C=O) groups excluding carboxylic acids is 2. The summed E-state index contributed by atoms with van der Waals surface area (Å²) in [5.74, 6) is -0.741. The lowest BCUT2D eigenvalue weighted by atomic mass is 10.2. The van der Waals surface area contributed by atoms with Crippen molar-refractivity contribution >= 4 is 23.3 Å².